The first-order valence-electron chi connectivity index (χ1n) is 12.1. The highest BCUT2D eigenvalue weighted by atomic mass is 32.1. The number of hydrogen-bond acceptors (Lipinski definition) is 7. The number of allylic oxidation sites excluding steroid dienone is 1. The molecule has 2 heterocycles. The van der Waals surface area contributed by atoms with E-state index in [1.54, 1.807) is 25.2 Å². The Kier molecular flexibility index (Phi) is 10.7. The zero-order chi connectivity index (χ0) is 24.8. The summed E-state index contributed by atoms with van der Waals surface area (Å²) in [5, 5.41) is 46.3. The van der Waals surface area contributed by atoms with E-state index in [0.29, 0.717) is 6.42 Å². The Morgan fingerprint density at radius 2 is 1.88 bits per heavy atom. The van der Waals surface area contributed by atoms with Gasteiger partial charge in [0.2, 0.25) is 0 Å². The summed E-state index contributed by atoms with van der Waals surface area (Å²) in [6, 6.07) is 0. The number of aryl methyl sites for hydroxylation is 1. The molecule has 0 radical (unpaired) electrons. The van der Waals surface area contributed by atoms with Crippen molar-refractivity contribution in [3.05, 3.63) is 33.8 Å². The molecule has 1 aromatic rings. The van der Waals surface area contributed by atoms with Crippen LogP contribution in [0.15, 0.2) is 23.1 Å². The Labute approximate surface area is 203 Å². The number of aromatic nitrogens is 1. The smallest absolute Gasteiger partial charge is 0.157 e. The van der Waals surface area contributed by atoms with Gasteiger partial charge in [0, 0.05) is 23.1 Å². The average Bonchev–Trinajstić information content (AvgIpc) is 3.16. The number of aliphatic hydroxyl groups excluding tert-OH is 4. The minimum absolute atomic E-state index is 0.0360. The average molecular weight is 482 g/mol. The molecule has 0 saturated carbocycles. The van der Waals surface area contributed by atoms with Crippen LogP contribution in [0.4, 0.5) is 0 Å². The van der Waals surface area contributed by atoms with Crippen LogP contribution in [-0.2, 0) is 4.74 Å². The van der Waals surface area contributed by atoms with Crippen molar-refractivity contribution in [1.82, 2.24) is 4.98 Å². The maximum Gasteiger partial charge on any atom is 0.157 e. The van der Waals surface area contributed by atoms with Crippen LogP contribution in [0.3, 0.4) is 0 Å². The molecule has 1 aliphatic rings. The number of rotatable bonds is 2. The molecule has 1 unspecified atom stereocenters. The van der Waals surface area contributed by atoms with E-state index < -0.39 is 35.9 Å². The van der Waals surface area contributed by atoms with Crippen molar-refractivity contribution in [2.24, 2.45) is 17.3 Å². The van der Waals surface area contributed by atoms with Crippen LogP contribution in [0.25, 0.3) is 6.08 Å². The molecule has 2 rings (SSSR count). The van der Waals surface area contributed by atoms with Crippen LogP contribution in [0.2, 0.25) is 0 Å². The van der Waals surface area contributed by atoms with Gasteiger partial charge in [-0.1, -0.05) is 39.8 Å². The van der Waals surface area contributed by atoms with Crippen molar-refractivity contribution in [2.45, 2.75) is 104 Å². The van der Waals surface area contributed by atoms with Crippen LogP contribution in [0.5, 0.6) is 0 Å². The summed E-state index contributed by atoms with van der Waals surface area (Å²) in [7, 11) is 0. The lowest BCUT2D eigenvalue weighted by Crippen LogP contribution is -2.49. The largest absolute Gasteiger partial charge is 0.392 e. The van der Waals surface area contributed by atoms with Gasteiger partial charge in [0.15, 0.2) is 6.29 Å². The SMILES string of the molecule is C/C(=C\c1csc(C)n1)[C@@H]1C/C=C\CCC[C@H](C)[C@H](O)[C@@H](C)[C@@H](O)C(C)(C)[C@@H](O)CC(O)O1. The third-order valence-electron chi connectivity index (χ3n) is 7.05. The lowest BCUT2D eigenvalue weighted by atomic mass is 9.71. The first-order valence-corrected chi connectivity index (χ1v) is 12.9. The van der Waals surface area contributed by atoms with E-state index in [2.05, 4.69) is 17.1 Å². The van der Waals surface area contributed by atoms with E-state index >= 15 is 0 Å². The molecule has 0 bridgehead atoms. The zero-order valence-corrected chi connectivity index (χ0v) is 21.8. The fraction of sp³-hybridized carbons (Fsp3) is 0.731. The molecule has 33 heavy (non-hydrogen) atoms. The van der Waals surface area contributed by atoms with Gasteiger partial charge in [-0.2, -0.15) is 0 Å². The fourth-order valence-corrected chi connectivity index (χ4v) is 5.08. The van der Waals surface area contributed by atoms with Crippen molar-refractivity contribution in [3.63, 3.8) is 0 Å². The molecule has 0 aliphatic carbocycles. The van der Waals surface area contributed by atoms with Crippen LogP contribution >= 0.6 is 11.3 Å². The lowest BCUT2D eigenvalue weighted by molar-refractivity contribution is -0.167. The molecule has 4 N–H and O–H groups in total. The molecule has 0 aromatic carbocycles. The molecular formula is C26H43NO5S. The summed E-state index contributed by atoms with van der Waals surface area (Å²) in [5.41, 5.74) is 0.888. The Balaban J connectivity index is 2.25. The molecule has 0 fully saturated rings. The maximum atomic E-state index is 11.0. The number of ether oxygens (including phenoxy) is 1. The van der Waals surface area contributed by atoms with Gasteiger partial charge < -0.3 is 25.2 Å². The molecule has 6 nitrogen and oxygen atoms in total. The molecule has 0 spiro atoms. The van der Waals surface area contributed by atoms with Gasteiger partial charge in [0.25, 0.3) is 0 Å². The van der Waals surface area contributed by atoms with Gasteiger partial charge in [0.05, 0.1) is 35.1 Å². The van der Waals surface area contributed by atoms with E-state index in [9.17, 15) is 20.4 Å². The standard InChI is InChI=1S/C26H43NO5S/c1-16-11-9-7-8-10-12-21(17(2)13-20-15-33-19(4)27-20)32-23(29)14-22(28)26(5,6)25(31)18(3)24(16)30/h8,10,13,15-16,18,21-25,28-31H,7,9,11-12,14H2,1-6H3/b10-8-,17-13+/t16-,18+,21-,22-,23?,24-,25+/m0/s1. The molecule has 1 aliphatic heterocycles. The predicted octanol–water partition coefficient (Wildman–Crippen LogP) is 4.46. The molecule has 188 valence electrons. The second-order valence-electron chi connectivity index (χ2n) is 10.2. The van der Waals surface area contributed by atoms with Crippen molar-refractivity contribution in [3.8, 4) is 0 Å². The van der Waals surface area contributed by atoms with Crippen molar-refractivity contribution in [1.29, 1.82) is 0 Å². The normalized spacial score (nSPS) is 36.4. The first-order chi connectivity index (χ1) is 15.4. The molecule has 0 saturated heterocycles. The van der Waals surface area contributed by atoms with Crippen LogP contribution in [-0.4, -0.2) is 56.1 Å². The van der Waals surface area contributed by atoms with Gasteiger partial charge in [-0.15, -0.1) is 11.3 Å². The molecule has 0 amide bonds. The van der Waals surface area contributed by atoms with Crippen LogP contribution in [0, 0.1) is 24.2 Å². The Morgan fingerprint density at radius 3 is 2.52 bits per heavy atom. The maximum absolute atomic E-state index is 11.0. The fourth-order valence-electron chi connectivity index (χ4n) is 4.51. The Morgan fingerprint density at radius 1 is 1.18 bits per heavy atom. The third kappa shape index (κ3) is 7.98. The second kappa shape index (κ2) is 12.6. The summed E-state index contributed by atoms with van der Waals surface area (Å²) in [4.78, 5) is 4.49. The lowest BCUT2D eigenvalue weighted by Gasteiger charge is -2.41. The summed E-state index contributed by atoms with van der Waals surface area (Å²) >= 11 is 1.59. The topological polar surface area (TPSA) is 103 Å². The number of hydrogen-bond donors (Lipinski definition) is 4. The summed E-state index contributed by atoms with van der Waals surface area (Å²) in [6.45, 7) is 11.3. The van der Waals surface area contributed by atoms with E-state index in [1.807, 2.05) is 39.2 Å². The van der Waals surface area contributed by atoms with E-state index in [-0.39, 0.29) is 18.4 Å². The summed E-state index contributed by atoms with van der Waals surface area (Å²) in [6.07, 6.45) is 5.23. The molecule has 7 heteroatoms. The highest BCUT2D eigenvalue weighted by molar-refractivity contribution is 7.09. The highest BCUT2D eigenvalue weighted by Gasteiger charge is 2.42. The molecule has 1 aromatic heterocycles. The first kappa shape index (κ1) is 28.1. The number of thiazole rings is 1. The molecular weight excluding hydrogens is 438 g/mol. The van der Waals surface area contributed by atoms with Crippen molar-refractivity contribution >= 4 is 17.4 Å². The molecule has 7 atom stereocenters. The summed E-state index contributed by atoms with van der Waals surface area (Å²) in [5.74, 6) is -0.372. The number of nitrogens with zero attached hydrogens (tertiary/aromatic N) is 1. The van der Waals surface area contributed by atoms with Gasteiger partial charge in [-0.3, -0.25) is 0 Å². The van der Waals surface area contributed by atoms with E-state index in [1.165, 1.54) is 0 Å². The van der Waals surface area contributed by atoms with Crippen molar-refractivity contribution in [2.75, 3.05) is 0 Å². The third-order valence-corrected chi connectivity index (χ3v) is 7.85. The minimum Gasteiger partial charge on any atom is -0.392 e. The van der Waals surface area contributed by atoms with E-state index in [4.69, 9.17) is 4.74 Å². The monoisotopic (exact) mass is 481 g/mol. The minimum atomic E-state index is -1.20. The predicted molar refractivity (Wildman–Crippen MR) is 134 cm³/mol. The van der Waals surface area contributed by atoms with Gasteiger partial charge >= 0.3 is 0 Å². The number of aliphatic hydroxyl groups is 4. The van der Waals surface area contributed by atoms with Gasteiger partial charge in [-0.25, -0.2) is 4.98 Å². The van der Waals surface area contributed by atoms with E-state index in [0.717, 1.165) is 35.5 Å². The van der Waals surface area contributed by atoms with Crippen LogP contribution < -0.4 is 0 Å². The Hall–Kier alpha value is -1.09. The van der Waals surface area contributed by atoms with Crippen LogP contribution in [0.1, 0.15) is 77.4 Å². The zero-order valence-electron chi connectivity index (χ0n) is 20.9. The summed E-state index contributed by atoms with van der Waals surface area (Å²) < 4.78 is 5.98. The van der Waals surface area contributed by atoms with Crippen molar-refractivity contribution < 1.29 is 25.2 Å². The highest BCUT2D eigenvalue weighted by Crippen LogP contribution is 2.36. The Bertz CT molecular complexity index is 789. The quantitative estimate of drug-likeness (QED) is 0.465. The second-order valence-corrected chi connectivity index (χ2v) is 11.3. The van der Waals surface area contributed by atoms with Gasteiger partial charge in [-0.05, 0) is 57.1 Å². The van der Waals surface area contributed by atoms with Gasteiger partial charge in [0.1, 0.15) is 0 Å².